The third-order valence-electron chi connectivity index (χ3n) is 3.75. The molecule has 1 nitrogen and oxygen atoms in total. The minimum atomic E-state index is 0.0139. The van der Waals surface area contributed by atoms with Crippen LogP contribution in [0.1, 0.15) is 39.0 Å². The van der Waals surface area contributed by atoms with Gasteiger partial charge in [-0.2, -0.15) is 0 Å². The van der Waals surface area contributed by atoms with Gasteiger partial charge in [0.05, 0.1) is 6.10 Å². The fourth-order valence-electron chi connectivity index (χ4n) is 2.86. The first-order valence-electron chi connectivity index (χ1n) is 4.41. The summed E-state index contributed by atoms with van der Waals surface area (Å²) in [6.45, 7) is 2.27. The van der Waals surface area contributed by atoms with Gasteiger partial charge in [0.25, 0.3) is 0 Å². The van der Waals surface area contributed by atoms with Gasteiger partial charge in [-0.1, -0.05) is 13.3 Å². The van der Waals surface area contributed by atoms with E-state index in [-0.39, 0.29) is 6.10 Å². The van der Waals surface area contributed by atoms with Gasteiger partial charge in [0.15, 0.2) is 0 Å². The van der Waals surface area contributed by atoms with Gasteiger partial charge in [0.1, 0.15) is 0 Å². The monoisotopic (exact) mass is 140 g/mol. The van der Waals surface area contributed by atoms with Crippen molar-refractivity contribution in [3.63, 3.8) is 0 Å². The summed E-state index contributed by atoms with van der Waals surface area (Å²) in [5.74, 6) is 0.850. The van der Waals surface area contributed by atoms with Gasteiger partial charge in [0.2, 0.25) is 0 Å². The van der Waals surface area contributed by atoms with Gasteiger partial charge in [-0.15, -0.1) is 0 Å². The van der Waals surface area contributed by atoms with Crippen LogP contribution in [-0.4, -0.2) is 11.2 Å². The average Bonchev–Trinajstić information content (AvgIpc) is 2.36. The predicted molar refractivity (Wildman–Crippen MR) is 40.7 cm³/mol. The lowest BCUT2D eigenvalue weighted by Gasteiger charge is -2.27. The van der Waals surface area contributed by atoms with Crippen molar-refractivity contribution < 1.29 is 5.11 Å². The zero-order chi connectivity index (χ0) is 7.19. The normalized spacial score (nSPS) is 53.4. The van der Waals surface area contributed by atoms with Gasteiger partial charge in [-0.25, -0.2) is 0 Å². The van der Waals surface area contributed by atoms with Crippen molar-refractivity contribution >= 4 is 0 Å². The molecule has 10 heavy (non-hydrogen) atoms. The minimum Gasteiger partial charge on any atom is -0.393 e. The molecular weight excluding hydrogens is 124 g/mol. The van der Waals surface area contributed by atoms with Crippen molar-refractivity contribution in [3.05, 3.63) is 0 Å². The molecule has 0 radical (unpaired) electrons. The molecule has 0 aliphatic heterocycles. The molecule has 0 amide bonds. The molecule has 3 unspecified atom stereocenters. The Kier molecular flexibility index (Phi) is 1.31. The Bertz CT molecular complexity index is 144. The van der Waals surface area contributed by atoms with E-state index in [1.807, 2.05) is 0 Å². The fourth-order valence-corrected chi connectivity index (χ4v) is 2.86. The molecule has 1 N–H and O–H groups in total. The van der Waals surface area contributed by atoms with Crippen molar-refractivity contribution in [2.24, 2.45) is 11.3 Å². The molecule has 3 atom stereocenters. The number of aliphatic hydroxyl groups excluding tert-OH is 1. The molecular formula is C9H16O. The molecule has 2 aliphatic rings. The third kappa shape index (κ3) is 0.672. The second-order valence-electron chi connectivity index (χ2n) is 4.19. The lowest BCUT2D eigenvalue weighted by molar-refractivity contribution is 0.0538. The topological polar surface area (TPSA) is 20.2 Å². The first kappa shape index (κ1) is 6.66. The van der Waals surface area contributed by atoms with Crippen LogP contribution < -0.4 is 0 Å². The summed E-state index contributed by atoms with van der Waals surface area (Å²) in [5.41, 5.74) is 0.319. The largest absolute Gasteiger partial charge is 0.393 e. The zero-order valence-corrected chi connectivity index (χ0v) is 6.64. The summed E-state index contributed by atoms with van der Waals surface area (Å²) < 4.78 is 0. The smallest absolute Gasteiger partial charge is 0.0596 e. The SMILES string of the molecule is CC12CCCC1CCC2O. The van der Waals surface area contributed by atoms with Crippen LogP contribution in [0.4, 0.5) is 0 Å². The summed E-state index contributed by atoms with van der Waals surface area (Å²) in [7, 11) is 0. The van der Waals surface area contributed by atoms with Crippen LogP contribution in [-0.2, 0) is 0 Å². The highest BCUT2D eigenvalue weighted by Crippen LogP contribution is 2.53. The van der Waals surface area contributed by atoms with E-state index in [0.29, 0.717) is 5.41 Å². The van der Waals surface area contributed by atoms with Gasteiger partial charge in [0, 0.05) is 0 Å². The van der Waals surface area contributed by atoms with E-state index >= 15 is 0 Å². The van der Waals surface area contributed by atoms with Crippen LogP contribution in [0.2, 0.25) is 0 Å². The molecule has 58 valence electrons. The van der Waals surface area contributed by atoms with Crippen LogP contribution in [0.25, 0.3) is 0 Å². The van der Waals surface area contributed by atoms with Crippen LogP contribution in [0, 0.1) is 11.3 Å². The van der Waals surface area contributed by atoms with Gasteiger partial charge < -0.3 is 5.11 Å². The Balaban J connectivity index is 2.21. The average molecular weight is 140 g/mol. The third-order valence-corrected chi connectivity index (χ3v) is 3.75. The maximum atomic E-state index is 9.66. The second-order valence-corrected chi connectivity index (χ2v) is 4.19. The van der Waals surface area contributed by atoms with E-state index in [2.05, 4.69) is 6.92 Å². The van der Waals surface area contributed by atoms with E-state index in [1.165, 1.54) is 25.7 Å². The summed E-state index contributed by atoms with van der Waals surface area (Å²) >= 11 is 0. The standard InChI is InChI=1S/C9H16O/c1-9-6-2-3-7(9)4-5-8(9)10/h7-8,10H,2-6H2,1H3. The molecule has 2 saturated carbocycles. The summed E-state index contributed by atoms with van der Waals surface area (Å²) in [5, 5.41) is 9.66. The Morgan fingerprint density at radius 3 is 2.80 bits per heavy atom. The van der Waals surface area contributed by atoms with Crippen LogP contribution in [0.5, 0.6) is 0 Å². The number of hydrogen-bond donors (Lipinski definition) is 1. The maximum absolute atomic E-state index is 9.66. The molecule has 1 heteroatoms. The minimum absolute atomic E-state index is 0.0139. The summed E-state index contributed by atoms with van der Waals surface area (Å²) in [6, 6.07) is 0. The molecule has 0 heterocycles. The highest BCUT2D eigenvalue weighted by molar-refractivity contribution is 4.98. The van der Waals surface area contributed by atoms with Crippen molar-refractivity contribution in [2.45, 2.75) is 45.1 Å². The molecule has 0 bridgehead atoms. The lowest BCUT2D eigenvalue weighted by Crippen LogP contribution is -2.27. The Morgan fingerprint density at radius 2 is 2.10 bits per heavy atom. The molecule has 2 fully saturated rings. The Hall–Kier alpha value is -0.0400. The van der Waals surface area contributed by atoms with E-state index < -0.39 is 0 Å². The van der Waals surface area contributed by atoms with E-state index in [9.17, 15) is 5.11 Å². The highest BCUT2D eigenvalue weighted by Gasteiger charge is 2.48. The highest BCUT2D eigenvalue weighted by atomic mass is 16.3. The van der Waals surface area contributed by atoms with E-state index in [0.717, 1.165) is 12.3 Å². The van der Waals surface area contributed by atoms with Crippen molar-refractivity contribution in [2.75, 3.05) is 0 Å². The molecule has 2 aliphatic carbocycles. The van der Waals surface area contributed by atoms with Crippen LogP contribution >= 0.6 is 0 Å². The van der Waals surface area contributed by atoms with Crippen LogP contribution in [0.3, 0.4) is 0 Å². The zero-order valence-electron chi connectivity index (χ0n) is 6.64. The fraction of sp³-hybridized carbons (Fsp3) is 1.00. The van der Waals surface area contributed by atoms with Crippen molar-refractivity contribution in [3.8, 4) is 0 Å². The second kappa shape index (κ2) is 1.97. The number of hydrogen-bond acceptors (Lipinski definition) is 1. The maximum Gasteiger partial charge on any atom is 0.0596 e. The lowest BCUT2D eigenvalue weighted by atomic mass is 9.81. The quantitative estimate of drug-likeness (QED) is 0.545. The molecule has 0 saturated heterocycles. The van der Waals surface area contributed by atoms with Gasteiger partial charge >= 0.3 is 0 Å². The Morgan fingerprint density at radius 1 is 1.30 bits per heavy atom. The number of aliphatic hydroxyl groups is 1. The molecule has 0 aromatic heterocycles. The van der Waals surface area contributed by atoms with Gasteiger partial charge in [-0.3, -0.25) is 0 Å². The van der Waals surface area contributed by atoms with E-state index in [1.54, 1.807) is 0 Å². The van der Waals surface area contributed by atoms with Crippen molar-refractivity contribution in [1.82, 2.24) is 0 Å². The van der Waals surface area contributed by atoms with E-state index in [4.69, 9.17) is 0 Å². The molecule has 2 rings (SSSR count). The molecule has 0 aromatic rings. The first-order valence-corrected chi connectivity index (χ1v) is 4.41. The molecule has 0 spiro atoms. The summed E-state index contributed by atoms with van der Waals surface area (Å²) in [6.07, 6.45) is 6.32. The summed E-state index contributed by atoms with van der Waals surface area (Å²) in [4.78, 5) is 0. The van der Waals surface area contributed by atoms with Gasteiger partial charge in [-0.05, 0) is 37.0 Å². The Labute approximate surface area is 62.4 Å². The van der Waals surface area contributed by atoms with Crippen LogP contribution in [0.15, 0.2) is 0 Å². The first-order chi connectivity index (χ1) is 4.73. The van der Waals surface area contributed by atoms with Crippen molar-refractivity contribution in [1.29, 1.82) is 0 Å². The number of fused-ring (bicyclic) bond motifs is 1. The predicted octanol–water partition coefficient (Wildman–Crippen LogP) is 1.95. The molecule has 0 aromatic carbocycles. The number of rotatable bonds is 0.